The molecule has 2 aromatic heterocycles. The van der Waals surface area contributed by atoms with Gasteiger partial charge in [-0.3, -0.25) is 4.90 Å². The second-order valence-electron chi connectivity index (χ2n) is 11.9. The van der Waals surface area contributed by atoms with Crippen molar-refractivity contribution in [2.75, 3.05) is 37.6 Å². The maximum absolute atomic E-state index is 13.5. The van der Waals surface area contributed by atoms with Gasteiger partial charge in [0, 0.05) is 42.9 Å². The van der Waals surface area contributed by atoms with Crippen LogP contribution in [0.5, 0.6) is 5.75 Å². The lowest BCUT2D eigenvalue weighted by atomic mass is 9.53. The number of hydrogen-bond donors (Lipinski definition) is 1. The van der Waals surface area contributed by atoms with Gasteiger partial charge in [-0.15, -0.1) is 0 Å². The lowest BCUT2D eigenvalue weighted by Gasteiger charge is -2.53. The molecule has 2 saturated heterocycles. The van der Waals surface area contributed by atoms with Crippen LogP contribution in [-0.4, -0.2) is 64.1 Å². The number of phenolic OH excluding ortho intramolecular Hbond substituents is 1. The zero-order valence-electron chi connectivity index (χ0n) is 22.3. The fourth-order valence-corrected chi connectivity index (χ4v) is 7.71. The number of likely N-dealkylation sites (tertiary alicyclic amines) is 1. The lowest BCUT2D eigenvalue weighted by molar-refractivity contribution is 0.0599. The van der Waals surface area contributed by atoms with Crippen molar-refractivity contribution in [2.24, 2.45) is 17.8 Å². The lowest BCUT2D eigenvalue weighted by Crippen LogP contribution is -2.53. The second-order valence-corrected chi connectivity index (χ2v) is 11.9. The molecule has 2 aliphatic heterocycles. The summed E-state index contributed by atoms with van der Waals surface area (Å²) in [7, 11) is 0. The Kier molecular flexibility index (Phi) is 6.17. The minimum absolute atomic E-state index is 0.0553. The van der Waals surface area contributed by atoms with Gasteiger partial charge in [0.15, 0.2) is 0 Å². The molecule has 0 amide bonds. The van der Waals surface area contributed by atoms with E-state index in [-0.39, 0.29) is 11.2 Å². The predicted octanol–water partition coefficient (Wildman–Crippen LogP) is 4.32. The molecule has 5 atom stereocenters. The molecule has 4 aliphatic rings. The summed E-state index contributed by atoms with van der Waals surface area (Å²) in [6.07, 6.45) is 4.96. The highest BCUT2D eigenvalue weighted by atomic mass is 19.1. The van der Waals surface area contributed by atoms with E-state index in [2.05, 4.69) is 33.0 Å². The topological polar surface area (TPSA) is 89.2 Å². The molecular formula is C32H31FN6O. The first-order valence-corrected chi connectivity index (χ1v) is 14.2. The largest absolute Gasteiger partial charge is 0.507 e. The standard InChI is InChI=1S/C32H31FN6O/c33-24-9-11-38(20-24)10-3-5-28-22(16-34)7-8-31(36-28)32-14-21-12-27(32)23(15-32)19-39(18-21)25-13-29(37-35-17-25)26-4-1-2-6-30(26)40/h1-2,4,6-8,13,17,21,23-24,27,40H,9-12,14-15,18-20H2/t21-,23+,24-,27?,32?/m1/s1. The number of benzene rings is 1. The van der Waals surface area contributed by atoms with Crippen LogP contribution >= 0.6 is 0 Å². The number of nitriles is 1. The maximum atomic E-state index is 13.5. The molecule has 2 unspecified atom stereocenters. The summed E-state index contributed by atoms with van der Waals surface area (Å²) in [6.45, 7) is 3.58. The average Bonchev–Trinajstić information content (AvgIpc) is 3.45. The van der Waals surface area contributed by atoms with Crippen LogP contribution in [0.2, 0.25) is 0 Å². The fraction of sp³-hybridized carbons (Fsp3) is 0.438. The van der Waals surface area contributed by atoms with Crippen LogP contribution in [0.1, 0.15) is 42.6 Å². The van der Waals surface area contributed by atoms with Crippen LogP contribution in [0.25, 0.3) is 11.3 Å². The van der Waals surface area contributed by atoms with Crippen molar-refractivity contribution < 1.29 is 9.50 Å². The van der Waals surface area contributed by atoms with Crippen LogP contribution in [0.4, 0.5) is 10.1 Å². The van der Waals surface area contributed by atoms with Gasteiger partial charge in [-0.1, -0.05) is 18.1 Å². The van der Waals surface area contributed by atoms with Gasteiger partial charge in [0.1, 0.15) is 23.7 Å². The van der Waals surface area contributed by atoms with E-state index >= 15 is 0 Å². The highest BCUT2D eigenvalue weighted by Gasteiger charge is 2.62. The number of rotatable bonds is 4. The number of nitrogens with zero attached hydrogens (tertiary/aromatic N) is 6. The van der Waals surface area contributed by atoms with Crippen LogP contribution in [0.15, 0.2) is 48.7 Å². The van der Waals surface area contributed by atoms with Crippen LogP contribution in [0.3, 0.4) is 0 Å². The summed E-state index contributed by atoms with van der Waals surface area (Å²) in [4.78, 5) is 9.45. The Morgan fingerprint density at radius 3 is 2.85 bits per heavy atom. The first-order chi connectivity index (χ1) is 19.5. The molecule has 4 heterocycles. The third kappa shape index (κ3) is 4.28. The molecule has 40 heavy (non-hydrogen) atoms. The van der Waals surface area contributed by atoms with Crippen molar-refractivity contribution in [2.45, 2.75) is 37.3 Å². The molecule has 3 aromatic rings. The van der Waals surface area contributed by atoms with Gasteiger partial charge >= 0.3 is 0 Å². The molecule has 4 fully saturated rings. The number of fused-ring (bicyclic) bond motifs is 1. The van der Waals surface area contributed by atoms with Gasteiger partial charge in [0.05, 0.1) is 29.7 Å². The fourth-order valence-electron chi connectivity index (χ4n) is 7.71. The van der Waals surface area contributed by atoms with Crippen molar-refractivity contribution in [3.05, 3.63) is 65.6 Å². The Bertz CT molecular complexity index is 1550. The zero-order valence-corrected chi connectivity index (χ0v) is 22.3. The van der Waals surface area contributed by atoms with E-state index in [1.54, 1.807) is 12.1 Å². The van der Waals surface area contributed by atoms with Gasteiger partial charge in [-0.2, -0.15) is 15.5 Å². The summed E-state index contributed by atoms with van der Waals surface area (Å²) in [6, 6.07) is 15.5. The van der Waals surface area contributed by atoms with E-state index in [0.717, 1.165) is 43.9 Å². The second kappa shape index (κ2) is 9.87. The summed E-state index contributed by atoms with van der Waals surface area (Å²) in [5.41, 5.74) is 4.60. The molecular weight excluding hydrogens is 503 g/mol. The highest BCUT2D eigenvalue weighted by molar-refractivity contribution is 5.69. The third-order valence-electron chi connectivity index (χ3n) is 9.51. The molecule has 7 rings (SSSR count). The van der Waals surface area contributed by atoms with E-state index in [9.17, 15) is 14.8 Å². The van der Waals surface area contributed by atoms with Crippen LogP contribution in [0, 0.1) is 40.9 Å². The zero-order chi connectivity index (χ0) is 27.3. The molecule has 2 bridgehead atoms. The number of para-hydroxylation sites is 1. The monoisotopic (exact) mass is 534 g/mol. The minimum Gasteiger partial charge on any atom is -0.507 e. The maximum Gasteiger partial charge on any atom is 0.131 e. The van der Waals surface area contributed by atoms with Gasteiger partial charge in [0.25, 0.3) is 0 Å². The first kappa shape index (κ1) is 25.0. The van der Waals surface area contributed by atoms with E-state index in [1.807, 2.05) is 41.4 Å². The van der Waals surface area contributed by atoms with Crippen molar-refractivity contribution in [1.29, 1.82) is 5.26 Å². The normalized spacial score (nSPS) is 28.8. The molecule has 2 aliphatic carbocycles. The molecule has 2 saturated carbocycles. The molecule has 0 spiro atoms. The Morgan fingerprint density at radius 1 is 1.12 bits per heavy atom. The Balaban J connectivity index is 1.10. The SMILES string of the molecule is N#Cc1ccc(C23C[C@H]4CC2[C@H](CN(c2cnnc(-c5ccccc5O)c2)C4)C3)nc1C#CCN1CC[C@@H](F)C1. The van der Waals surface area contributed by atoms with E-state index in [4.69, 9.17) is 4.98 Å². The number of hydrogen-bond acceptors (Lipinski definition) is 7. The molecule has 8 heteroatoms. The van der Waals surface area contributed by atoms with Crippen molar-refractivity contribution in [3.8, 4) is 34.9 Å². The summed E-state index contributed by atoms with van der Waals surface area (Å²) < 4.78 is 13.5. The number of phenols is 1. The number of aromatic hydroxyl groups is 1. The molecule has 202 valence electrons. The number of pyridine rings is 1. The molecule has 0 radical (unpaired) electrons. The summed E-state index contributed by atoms with van der Waals surface area (Å²) in [5, 5.41) is 28.6. The molecule has 7 nitrogen and oxygen atoms in total. The van der Waals surface area contributed by atoms with Crippen molar-refractivity contribution >= 4 is 5.69 Å². The van der Waals surface area contributed by atoms with Gasteiger partial charge in [-0.05, 0) is 79.7 Å². The number of alkyl halides is 1. The number of aromatic nitrogens is 3. The van der Waals surface area contributed by atoms with E-state index in [0.29, 0.717) is 59.8 Å². The Hall–Kier alpha value is -4.01. The van der Waals surface area contributed by atoms with Crippen molar-refractivity contribution in [1.82, 2.24) is 20.1 Å². The number of halogens is 1. The summed E-state index contributed by atoms with van der Waals surface area (Å²) in [5.74, 6) is 8.14. The summed E-state index contributed by atoms with van der Waals surface area (Å²) >= 11 is 0. The van der Waals surface area contributed by atoms with E-state index < -0.39 is 6.17 Å². The van der Waals surface area contributed by atoms with Gasteiger partial charge in [-0.25, -0.2) is 9.37 Å². The number of anilines is 1. The third-order valence-corrected chi connectivity index (χ3v) is 9.51. The Morgan fingerprint density at radius 2 is 2.02 bits per heavy atom. The average molecular weight is 535 g/mol. The first-order valence-electron chi connectivity index (χ1n) is 14.2. The molecule has 1 aromatic carbocycles. The van der Waals surface area contributed by atoms with E-state index in [1.165, 1.54) is 6.42 Å². The van der Waals surface area contributed by atoms with Crippen LogP contribution in [-0.2, 0) is 5.41 Å². The molecule has 1 N–H and O–H groups in total. The predicted molar refractivity (Wildman–Crippen MR) is 149 cm³/mol. The quantitative estimate of drug-likeness (QED) is 0.499. The van der Waals surface area contributed by atoms with Crippen LogP contribution < -0.4 is 4.90 Å². The van der Waals surface area contributed by atoms with Gasteiger partial charge in [0.2, 0.25) is 0 Å². The van der Waals surface area contributed by atoms with Crippen molar-refractivity contribution in [3.63, 3.8) is 0 Å². The Labute approximate surface area is 233 Å². The van der Waals surface area contributed by atoms with Gasteiger partial charge < -0.3 is 10.0 Å². The minimum atomic E-state index is -0.764. The smallest absolute Gasteiger partial charge is 0.131 e. The highest BCUT2D eigenvalue weighted by Crippen LogP contribution is 2.64.